The summed E-state index contributed by atoms with van der Waals surface area (Å²) in [4.78, 5) is 6.52. The number of fused-ring (bicyclic) bond motifs is 2. The van der Waals surface area contributed by atoms with E-state index in [-0.39, 0.29) is 13.1 Å². The number of anilines is 1. The lowest BCUT2D eigenvalue weighted by Gasteiger charge is -2.27. The van der Waals surface area contributed by atoms with Crippen LogP contribution in [0.3, 0.4) is 0 Å². The molecule has 2 aromatic heterocycles. The Morgan fingerprint density at radius 1 is 1.17 bits per heavy atom. The number of hydrogen-bond donors (Lipinski definition) is 0. The van der Waals surface area contributed by atoms with Crippen molar-refractivity contribution in [2.24, 2.45) is 0 Å². The predicted octanol–water partition coefficient (Wildman–Crippen LogP) is 3.24. The summed E-state index contributed by atoms with van der Waals surface area (Å²) in [5, 5.41) is 7.79. The summed E-state index contributed by atoms with van der Waals surface area (Å²) < 4.78 is 40.8. The third kappa shape index (κ3) is 2.44. The Morgan fingerprint density at radius 2 is 2.00 bits per heavy atom. The van der Waals surface area contributed by atoms with Crippen LogP contribution in [0.2, 0.25) is 0 Å². The first kappa shape index (κ1) is 14.4. The highest BCUT2D eigenvalue weighted by molar-refractivity contribution is 7.22. The number of benzene rings is 1. The normalized spacial score (nSPS) is 15.2. The molecule has 0 saturated carbocycles. The lowest BCUT2D eigenvalue weighted by Crippen LogP contribution is -2.35. The van der Waals surface area contributed by atoms with E-state index in [1.54, 1.807) is 11.3 Å². The van der Waals surface area contributed by atoms with Crippen LogP contribution in [0.5, 0.6) is 0 Å². The number of halogens is 3. The van der Waals surface area contributed by atoms with E-state index in [9.17, 15) is 13.2 Å². The van der Waals surface area contributed by atoms with Gasteiger partial charge in [0.2, 0.25) is 5.82 Å². The summed E-state index contributed by atoms with van der Waals surface area (Å²) in [7, 11) is 0. The van der Waals surface area contributed by atoms with Crippen molar-refractivity contribution in [2.45, 2.75) is 26.2 Å². The Bertz CT molecular complexity index is 882. The summed E-state index contributed by atoms with van der Waals surface area (Å²) >= 11 is 1.54. The Balaban J connectivity index is 1.66. The van der Waals surface area contributed by atoms with Crippen LogP contribution in [0.4, 0.5) is 18.3 Å². The molecule has 1 aromatic carbocycles. The van der Waals surface area contributed by atoms with E-state index in [4.69, 9.17) is 0 Å². The number of aromatic nitrogens is 4. The fraction of sp³-hybridized carbons (Fsp3) is 0.357. The van der Waals surface area contributed by atoms with Crippen LogP contribution in [0.1, 0.15) is 17.2 Å². The topological polar surface area (TPSA) is 46.8 Å². The van der Waals surface area contributed by atoms with Gasteiger partial charge in [0.1, 0.15) is 0 Å². The molecular weight excluding hydrogens is 327 g/mol. The van der Waals surface area contributed by atoms with Crippen molar-refractivity contribution < 1.29 is 13.2 Å². The smallest absolute Gasteiger partial charge is 0.339 e. The molecule has 1 aliphatic rings. The number of aryl methyl sites for hydroxylation is 1. The monoisotopic (exact) mass is 339 g/mol. The van der Waals surface area contributed by atoms with E-state index in [2.05, 4.69) is 21.2 Å². The zero-order chi connectivity index (χ0) is 16.2. The zero-order valence-corrected chi connectivity index (χ0v) is 12.9. The predicted molar refractivity (Wildman–Crippen MR) is 80.4 cm³/mol. The largest absolute Gasteiger partial charge is 0.451 e. The van der Waals surface area contributed by atoms with Crippen LogP contribution in [0, 0.1) is 6.92 Å². The van der Waals surface area contributed by atoms with E-state index in [1.807, 2.05) is 24.0 Å². The van der Waals surface area contributed by atoms with Crippen LogP contribution >= 0.6 is 11.3 Å². The molecule has 0 N–H and O–H groups in total. The maximum Gasteiger partial charge on any atom is 0.451 e. The van der Waals surface area contributed by atoms with Crippen molar-refractivity contribution >= 4 is 26.7 Å². The van der Waals surface area contributed by atoms with Gasteiger partial charge < -0.3 is 9.47 Å². The number of alkyl halides is 3. The Morgan fingerprint density at radius 3 is 2.78 bits per heavy atom. The van der Waals surface area contributed by atoms with Gasteiger partial charge in [-0.05, 0) is 24.6 Å². The Labute approximate surface area is 133 Å². The molecule has 0 amide bonds. The molecule has 0 radical (unpaired) electrons. The highest BCUT2D eigenvalue weighted by atomic mass is 32.1. The van der Waals surface area contributed by atoms with Crippen molar-refractivity contribution in [1.82, 2.24) is 19.7 Å². The molecule has 5 nitrogen and oxygen atoms in total. The number of nitrogens with zero attached hydrogens (tertiary/aromatic N) is 5. The molecule has 3 aromatic rings. The molecule has 0 saturated heterocycles. The quantitative estimate of drug-likeness (QED) is 0.683. The molecular formula is C14H12F3N5S. The first-order valence-electron chi connectivity index (χ1n) is 7.03. The molecule has 0 aliphatic carbocycles. The van der Waals surface area contributed by atoms with Crippen molar-refractivity contribution in [1.29, 1.82) is 0 Å². The average molecular weight is 339 g/mol. The number of hydrogen-bond acceptors (Lipinski definition) is 5. The maximum atomic E-state index is 12.9. The maximum absolute atomic E-state index is 12.9. The summed E-state index contributed by atoms with van der Waals surface area (Å²) in [5.41, 5.74) is 2.06. The molecule has 23 heavy (non-hydrogen) atoms. The first-order valence-corrected chi connectivity index (χ1v) is 7.85. The van der Waals surface area contributed by atoms with Crippen LogP contribution in [-0.4, -0.2) is 26.3 Å². The van der Waals surface area contributed by atoms with Crippen LogP contribution < -0.4 is 4.90 Å². The van der Waals surface area contributed by atoms with E-state index in [0.29, 0.717) is 12.4 Å². The van der Waals surface area contributed by atoms with Crippen LogP contribution in [0.25, 0.3) is 10.2 Å². The second-order valence-electron chi connectivity index (χ2n) is 5.48. The van der Waals surface area contributed by atoms with Crippen molar-refractivity contribution in [3.63, 3.8) is 0 Å². The van der Waals surface area contributed by atoms with Gasteiger partial charge in [0.15, 0.2) is 11.0 Å². The summed E-state index contributed by atoms with van der Waals surface area (Å²) in [5.74, 6) is -0.605. The lowest BCUT2D eigenvalue weighted by atomic mass is 10.2. The first-order chi connectivity index (χ1) is 10.9. The van der Waals surface area contributed by atoms with E-state index >= 15 is 0 Å². The van der Waals surface area contributed by atoms with Crippen molar-refractivity contribution in [3.05, 3.63) is 35.4 Å². The van der Waals surface area contributed by atoms with E-state index in [1.165, 1.54) is 0 Å². The molecule has 0 fully saturated rings. The van der Waals surface area contributed by atoms with Gasteiger partial charge >= 0.3 is 6.18 Å². The molecule has 3 heterocycles. The van der Waals surface area contributed by atoms with Gasteiger partial charge in [-0.2, -0.15) is 13.2 Å². The Kier molecular flexibility index (Phi) is 3.09. The lowest BCUT2D eigenvalue weighted by molar-refractivity contribution is -0.147. The minimum Gasteiger partial charge on any atom is -0.339 e. The third-order valence-corrected chi connectivity index (χ3v) is 4.89. The highest BCUT2D eigenvalue weighted by Gasteiger charge is 2.39. The molecule has 0 bridgehead atoms. The van der Waals surface area contributed by atoms with Gasteiger partial charge in [-0.25, -0.2) is 4.98 Å². The van der Waals surface area contributed by atoms with E-state index in [0.717, 1.165) is 25.5 Å². The van der Waals surface area contributed by atoms with Gasteiger partial charge in [-0.15, -0.1) is 10.2 Å². The number of rotatable bonds is 1. The van der Waals surface area contributed by atoms with Crippen LogP contribution in [-0.2, 0) is 19.3 Å². The van der Waals surface area contributed by atoms with E-state index < -0.39 is 12.0 Å². The van der Waals surface area contributed by atoms with Crippen LogP contribution in [0.15, 0.2) is 18.2 Å². The van der Waals surface area contributed by atoms with Crippen molar-refractivity contribution in [3.8, 4) is 0 Å². The van der Waals surface area contributed by atoms with Gasteiger partial charge in [-0.3, -0.25) is 0 Å². The number of thiazole rings is 1. The van der Waals surface area contributed by atoms with Gasteiger partial charge in [0.25, 0.3) is 0 Å². The zero-order valence-electron chi connectivity index (χ0n) is 12.1. The fourth-order valence-corrected chi connectivity index (χ4v) is 3.77. The average Bonchev–Trinajstić information content (AvgIpc) is 3.08. The minimum atomic E-state index is -4.47. The molecule has 0 atom stereocenters. The third-order valence-electron chi connectivity index (χ3n) is 3.81. The van der Waals surface area contributed by atoms with Gasteiger partial charge in [-0.1, -0.05) is 17.4 Å². The SMILES string of the molecule is Cc1ccc2nc(N3CCn4c(nnc4C(F)(F)F)C3)sc2c1. The summed E-state index contributed by atoms with van der Waals surface area (Å²) in [6, 6.07) is 6.01. The standard InChI is InChI=1S/C14H12F3N5S/c1-8-2-3-9-10(6-8)23-13(18-9)21-4-5-22-11(7-21)19-20-12(22)14(15,16)17/h2-3,6H,4-5,7H2,1H3. The molecule has 9 heteroatoms. The molecule has 0 unspecified atom stereocenters. The highest BCUT2D eigenvalue weighted by Crippen LogP contribution is 2.33. The minimum absolute atomic E-state index is 0.201. The van der Waals surface area contributed by atoms with Gasteiger partial charge in [0.05, 0.1) is 16.8 Å². The molecule has 120 valence electrons. The fourth-order valence-electron chi connectivity index (χ4n) is 2.69. The Hall–Kier alpha value is -2.16. The second-order valence-corrected chi connectivity index (χ2v) is 6.49. The van der Waals surface area contributed by atoms with Crippen molar-refractivity contribution in [2.75, 3.05) is 11.4 Å². The molecule has 1 aliphatic heterocycles. The summed E-state index contributed by atoms with van der Waals surface area (Å²) in [6.07, 6.45) is -4.47. The molecule has 4 rings (SSSR count). The molecule has 0 spiro atoms. The second kappa shape index (κ2) is 4.92. The van der Waals surface area contributed by atoms with Gasteiger partial charge in [0, 0.05) is 13.1 Å². The summed E-state index contributed by atoms with van der Waals surface area (Å²) in [6.45, 7) is 2.95.